The van der Waals surface area contributed by atoms with E-state index in [4.69, 9.17) is 9.84 Å². The van der Waals surface area contributed by atoms with E-state index in [1.54, 1.807) is 0 Å². The lowest BCUT2D eigenvalue weighted by molar-refractivity contribution is -0.153. The normalized spacial score (nSPS) is 34.6. The fourth-order valence-electron chi connectivity index (χ4n) is 2.53. The number of likely N-dealkylation sites (N-methyl/N-ethyl adjacent to an activating group) is 1. The number of likely N-dealkylation sites (tertiary alicyclic amines) is 1. The number of nitrogens with zero attached hydrogens (tertiary/aromatic N) is 2. The Hall–Kier alpha value is -0.720. The van der Waals surface area contributed by atoms with Gasteiger partial charge in [0.25, 0.3) is 5.91 Å². The molecule has 2 heterocycles. The Morgan fingerprint density at radius 1 is 1.56 bits per heavy atom. The van der Waals surface area contributed by atoms with E-state index in [1.807, 2.05) is 11.9 Å². The van der Waals surface area contributed by atoms with Crippen LogP contribution in [0.15, 0.2) is 0 Å². The molecule has 104 valence electrons. The molecule has 1 amide bonds. The highest BCUT2D eigenvalue weighted by atomic mass is 19.1. The van der Waals surface area contributed by atoms with Gasteiger partial charge in [0.2, 0.25) is 0 Å². The molecule has 1 N–H and O–H groups in total. The molecule has 18 heavy (non-hydrogen) atoms. The third-order valence-electron chi connectivity index (χ3n) is 3.67. The topological polar surface area (TPSA) is 53.0 Å². The molecule has 0 aromatic carbocycles. The summed E-state index contributed by atoms with van der Waals surface area (Å²) in [5.74, 6) is -0.156. The largest absolute Gasteiger partial charge is 0.393 e. The van der Waals surface area contributed by atoms with E-state index in [-0.39, 0.29) is 12.5 Å². The molecule has 2 aliphatic rings. The number of carbonyl (C=O) groups excluding carboxylic acids is 1. The van der Waals surface area contributed by atoms with Crippen molar-refractivity contribution < 1.29 is 19.0 Å². The van der Waals surface area contributed by atoms with Crippen molar-refractivity contribution in [2.45, 2.75) is 24.6 Å². The number of carbonyl (C=O) groups is 1. The number of piperidine rings is 1. The summed E-state index contributed by atoms with van der Waals surface area (Å²) < 4.78 is 19.5. The molecule has 6 heteroatoms. The fraction of sp³-hybridized carbons (Fsp3) is 0.917. The number of aliphatic hydroxyl groups is 1. The molecule has 0 aliphatic carbocycles. The maximum Gasteiger partial charge on any atom is 0.253 e. The van der Waals surface area contributed by atoms with E-state index < -0.39 is 18.4 Å². The Balaban J connectivity index is 1.96. The van der Waals surface area contributed by atoms with Crippen molar-refractivity contribution in [1.29, 1.82) is 0 Å². The Morgan fingerprint density at radius 2 is 2.33 bits per heavy atom. The highest BCUT2D eigenvalue weighted by Crippen LogP contribution is 2.25. The molecule has 2 saturated heterocycles. The van der Waals surface area contributed by atoms with Crippen molar-refractivity contribution in [3.8, 4) is 0 Å². The summed E-state index contributed by atoms with van der Waals surface area (Å²) in [7, 11) is 1.94. The van der Waals surface area contributed by atoms with Crippen LogP contribution in [0, 0.1) is 0 Å². The van der Waals surface area contributed by atoms with Crippen molar-refractivity contribution in [1.82, 2.24) is 9.80 Å². The van der Waals surface area contributed by atoms with Gasteiger partial charge in [0, 0.05) is 19.6 Å². The van der Waals surface area contributed by atoms with Gasteiger partial charge >= 0.3 is 0 Å². The minimum atomic E-state index is -1.64. The molecule has 2 aliphatic heterocycles. The van der Waals surface area contributed by atoms with Crippen LogP contribution in [0.5, 0.6) is 0 Å². The van der Waals surface area contributed by atoms with Crippen molar-refractivity contribution in [2.75, 3.05) is 46.4 Å². The zero-order valence-electron chi connectivity index (χ0n) is 10.8. The number of aliphatic hydroxyl groups excluding tert-OH is 1. The van der Waals surface area contributed by atoms with Crippen molar-refractivity contribution in [3.63, 3.8) is 0 Å². The lowest BCUT2D eigenvalue weighted by Gasteiger charge is -2.39. The van der Waals surface area contributed by atoms with Crippen LogP contribution in [0.4, 0.5) is 4.39 Å². The van der Waals surface area contributed by atoms with E-state index in [2.05, 4.69) is 0 Å². The first-order valence-corrected chi connectivity index (χ1v) is 6.43. The number of morpholine rings is 1. The van der Waals surface area contributed by atoms with Gasteiger partial charge in [-0.2, -0.15) is 0 Å². The van der Waals surface area contributed by atoms with Gasteiger partial charge < -0.3 is 19.6 Å². The zero-order chi connectivity index (χ0) is 13.2. The monoisotopic (exact) mass is 260 g/mol. The predicted octanol–water partition coefficient (Wildman–Crippen LogP) is -0.360. The van der Waals surface area contributed by atoms with E-state index >= 15 is 0 Å². The maximum atomic E-state index is 14.1. The fourth-order valence-corrected chi connectivity index (χ4v) is 2.53. The molecule has 0 spiro atoms. The minimum Gasteiger partial charge on any atom is -0.393 e. The Bertz CT molecular complexity index is 316. The van der Waals surface area contributed by atoms with Crippen LogP contribution >= 0.6 is 0 Å². The van der Waals surface area contributed by atoms with Crippen LogP contribution in [0.1, 0.15) is 12.8 Å². The Labute approximate surface area is 106 Å². The third kappa shape index (κ3) is 2.99. The van der Waals surface area contributed by atoms with Gasteiger partial charge in [0.05, 0.1) is 19.8 Å². The number of hydrogen-bond acceptors (Lipinski definition) is 4. The van der Waals surface area contributed by atoms with Crippen LogP contribution in [0.3, 0.4) is 0 Å². The number of alkyl halides is 1. The van der Waals surface area contributed by atoms with Crippen molar-refractivity contribution in [2.24, 2.45) is 0 Å². The second-order valence-electron chi connectivity index (χ2n) is 5.29. The van der Waals surface area contributed by atoms with E-state index in [0.717, 1.165) is 6.54 Å². The first-order chi connectivity index (χ1) is 8.54. The maximum absolute atomic E-state index is 14.1. The van der Waals surface area contributed by atoms with Crippen LogP contribution in [-0.4, -0.2) is 79.0 Å². The van der Waals surface area contributed by atoms with Crippen LogP contribution in [0.2, 0.25) is 0 Å². The number of halogens is 1. The molecular weight excluding hydrogens is 239 g/mol. The first-order valence-electron chi connectivity index (χ1n) is 6.43. The molecule has 0 aromatic rings. The molecule has 5 nitrogen and oxygen atoms in total. The average Bonchev–Trinajstić information content (AvgIpc) is 2.38. The number of amides is 1. The van der Waals surface area contributed by atoms with Gasteiger partial charge in [0.1, 0.15) is 6.10 Å². The summed E-state index contributed by atoms with van der Waals surface area (Å²) in [5.41, 5.74) is -1.64. The standard InChI is InChI=1S/C12H21FN2O3/c1-14-5-6-18-10(7-14)11(17)15-4-2-3-12(13,8-15)9-16/h10,16H,2-9H2,1H3. The summed E-state index contributed by atoms with van der Waals surface area (Å²) in [6, 6.07) is 0. The van der Waals surface area contributed by atoms with Crippen molar-refractivity contribution in [3.05, 3.63) is 0 Å². The number of ether oxygens (including phenoxy) is 1. The molecule has 0 bridgehead atoms. The molecule has 2 atom stereocenters. The van der Waals surface area contributed by atoms with Crippen LogP contribution in [0.25, 0.3) is 0 Å². The van der Waals surface area contributed by atoms with E-state index in [1.165, 1.54) is 4.90 Å². The summed E-state index contributed by atoms with van der Waals surface area (Å²) in [5, 5.41) is 9.05. The number of hydrogen-bond donors (Lipinski definition) is 1. The van der Waals surface area contributed by atoms with Gasteiger partial charge in [-0.1, -0.05) is 0 Å². The molecule has 0 radical (unpaired) electrons. The van der Waals surface area contributed by atoms with Crippen LogP contribution < -0.4 is 0 Å². The van der Waals surface area contributed by atoms with Gasteiger partial charge in [-0.05, 0) is 19.9 Å². The SMILES string of the molecule is CN1CCOC(C(=O)N2CCCC(F)(CO)C2)C1. The lowest BCUT2D eigenvalue weighted by atomic mass is 9.95. The molecule has 0 aromatic heterocycles. The molecule has 2 unspecified atom stereocenters. The van der Waals surface area contributed by atoms with Gasteiger partial charge in [-0.25, -0.2) is 4.39 Å². The number of rotatable bonds is 2. The predicted molar refractivity (Wildman–Crippen MR) is 64.0 cm³/mol. The second kappa shape index (κ2) is 5.50. The minimum absolute atomic E-state index is 0.0219. The average molecular weight is 260 g/mol. The third-order valence-corrected chi connectivity index (χ3v) is 3.67. The highest BCUT2D eigenvalue weighted by molar-refractivity contribution is 5.81. The van der Waals surface area contributed by atoms with Gasteiger partial charge in [-0.3, -0.25) is 4.79 Å². The molecule has 2 rings (SSSR count). The van der Waals surface area contributed by atoms with Gasteiger partial charge in [-0.15, -0.1) is 0 Å². The van der Waals surface area contributed by atoms with Crippen LogP contribution in [-0.2, 0) is 9.53 Å². The van der Waals surface area contributed by atoms with Gasteiger partial charge in [0.15, 0.2) is 5.67 Å². The Morgan fingerprint density at radius 3 is 3.00 bits per heavy atom. The van der Waals surface area contributed by atoms with E-state index in [9.17, 15) is 9.18 Å². The summed E-state index contributed by atoms with van der Waals surface area (Å²) >= 11 is 0. The highest BCUT2D eigenvalue weighted by Gasteiger charge is 2.39. The smallest absolute Gasteiger partial charge is 0.253 e. The van der Waals surface area contributed by atoms with Crippen molar-refractivity contribution >= 4 is 5.91 Å². The zero-order valence-corrected chi connectivity index (χ0v) is 10.8. The Kier molecular flexibility index (Phi) is 4.19. The lowest BCUT2D eigenvalue weighted by Crippen LogP contribution is -2.55. The second-order valence-corrected chi connectivity index (χ2v) is 5.29. The summed E-state index contributed by atoms with van der Waals surface area (Å²) in [6.07, 6.45) is 0.411. The summed E-state index contributed by atoms with van der Waals surface area (Å²) in [6.45, 7) is 1.89. The first kappa shape index (κ1) is 13.7. The molecule has 2 fully saturated rings. The quantitative estimate of drug-likeness (QED) is 0.737. The molecular formula is C12H21FN2O3. The van der Waals surface area contributed by atoms with E-state index in [0.29, 0.717) is 32.5 Å². The summed E-state index contributed by atoms with van der Waals surface area (Å²) in [4.78, 5) is 15.8. The molecule has 0 saturated carbocycles.